The molecule has 5 nitrogen and oxygen atoms in total. The van der Waals surface area contributed by atoms with E-state index in [1.165, 1.54) is 17.0 Å². The first-order chi connectivity index (χ1) is 13.4. The second-order valence-corrected chi connectivity index (χ2v) is 6.14. The summed E-state index contributed by atoms with van der Waals surface area (Å²) in [6, 6.07) is 6.28. The van der Waals surface area contributed by atoms with Crippen molar-refractivity contribution in [3.8, 4) is 5.75 Å². The number of carbonyl (C=O) groups excluding carboxylic acids is 1. The minimum Gasteiger partial charge on any atom is -0.492 e. The summed E-state index contributed by atoms with van der Waals surface area (Å²) < 4.78 is 63.2. The molecule has 1 saturated heterocycles. The van der Waals surface area contributed by atoms with Gasteiger partial charge >= 0.3 is 6.03 Å². The average Bonchev–Trinajstić information content (AvgIpc) is 2.70. The summed E-state index contributed by atoms with van der Waals surface area (Å²) in [5.41, 5.74) is 0.443. The molecule has 2 aromatic rings. The maximum Gasteiger partial charge on any atom is 0.317 e. The van der Waals surface area contributed by atoms with Gasteiger partial charge in [-0.25, -0.2) is 22.4 Å². The lowest BCUT2D eigenvalue weighted by Gasteiger charge is -2.33. The number of carbonyl (C=O) groups is 1. The van der Waals surface area contributed by atoms with Crippen molar-refractivity contribution >= 4 is 6.03 Å². The van der Waals surface area contributed by atoms with Crippen molar-refractivity contribution in [3.05, 3.63) is 65.2 Å². The van der Waals surface area contributed by atoms with Gasteiger partial charge in [0.15, 0.2) is 23.3 Å². The molecule has 1 aliphatic heterocycles. The molecule has 0 bridgehead atoms. The van der Waals surface area contributed by atoms with Crippen LogP contribution in [0.4, 0.5) is 22.4 Å². The summed E-state index contributed by atoms with van der Waals surface area (Å²) in [5, 5.41) is 2.65. The molecule has 2 amide bonds. The number of hydrogen-bond donors (Lipinski definition) is 1. The van der Waals surface area contributed by atoms with Crippen LogP contribution in [0, 0.1) is 23.3 Å². The molecule has 1 atom stereocenters. The summed E-state index contributed by atoms with van der Waals surface area (Å²) in [4.78, 5) is 13.8. The summed E-state index contributed by atoms with van der Waals surface area (Å²) in [5.74, 6) is -3.76. The number of halogens is 4. The molecule has 1 fully saturated rings. The van der Waals surface area contributed by atoms with Crippen molar-refractivity contribution < 1.29 is 31.8 Å². The Hall–Kier alpha value is -2.81. The number of ether oxygens (including phenoxy) is 2. The minimum atomic E-state index is -1.02. The van der Waals surface area contributed by atoms with E-state index in [9.17, 15) is 22.4 Å². The topological polar surface area (TPSA) is 50.8 Å². The molecule has 1 aliphatic rings. The van der Waals surface area contributed by atoms with Crippen LogP contribution in [-0.2, 0) is 4.74 Å². The molecule has 28 heavy (non-hydrogen) atoms. The first-order valence-corrected chi connectivity index (χ1v) is 8.61. The number of benzene rings is 2. The van der Waals surface area contributed by atoms with Crippen LogP contribution in [0.15, 0.2) is 36.4 Å². The fourth-order valence-electron chi connectivity index (χ4n) is 2.75. The maximum absolute atomic E-state index is 13.4. The Bertz CT molecular complexity index is 850. The predicted octanol–water partition coefficient (Wildman–Crippen LogP) is 3.40. The summed E-state index contributed by atoms with van der Waals surface area (Å²) in [7, 11) is 0. The van der Waals surface area contributed by atoms with E-state index < -0.39 is 29.4 Å². The number of rotatable bonds is 5. The molecular weight excluding hydrogens is 380 g/mol. The van der Waals surface area contributed by atoms with Gasteiger partial charge in [0.1, 0.15) is 18.5 Å². The largest absolute Gasteiger partial charge is 0.492 e. The Kier molecular flexibility index (Phi) is 6.35. The van der Waals surface area contributed by atoms with E-state index >= 15 is 0 Å². The van der Waals surface area contributed by atoms with Crippen LogP contribution >= 0.6 is 0 Å². The summed E-state index contributed by atoms with van der Waals surface area (Å²) >= 11 is 0. The lowest BCUT2D eigenvalue weighted by Crippen LogP contribution is -2.47. The second kappa shape index (κ2) is 8.92. The third kappa shape index (κ3) is 4.92. The van der Waals surface area contributed by atoms with E-state index in [1.807, 2.05) is 0 Å². The average molecular weight is 398 g/mol. The van der Waals surface area contributed by atoms with E-state index in [4.69, 9.17) is 9.47 Å². The highest BCUT2D eigenvalue weighted by atomic mass is 19.2. The van der Waals surface area contributed by atoms with Crippen molar-refractivity contribution in [2.75, 3.05) is 32.8 Å². The van der Waals surface area contributed by atoms with Gasteiger partial charge in [-0.1, -0.05) is 6.07 Å². The Morgan fingerprint density at radius 2 is 1.79 bits per heavy atom. The number of amides is 2. The highest BCUT2D eigenvalue weighted by Gasteiger charge is 2.26. The maximum atomic E-state index is 13.4. The molecule has 0 radical (unpaired) electrons. The van der Waals surface area contributed by atoms with Crippen LogP contribution in [-0.4, -0.2) is 43.8 Å². The third-order valence-corrected chi connectivity index (χ3v) is 4.21. The van der Waals surface area contributed by atoms with E-state index in [1.54, 1.807) is 0 Å². The van der Waals surface area contributed by atoms with Crippen molar-refractivity contribution in [2.24, 2.45) is 0 Å². The quantitative estimate of drug-likeness (QED) is 0.621. The fraction of sp³-hybridized carbons (Fsp3) is 0.316. The van der Waals surface area contributed by atoms with Crippen LogP contribution in [0.25, 0.3) is 0 Å². The molecule has 0 aromatic heterocycles. The second-order valence-electron chi connectivity index (χ2n) is 6.14. The number of hydrogen-bond acceptors (Lipinski definition) is 3. The lowest BCUT2D eigenvalue weighted by molar-refractivity contribution is -0.0156. The van der Waals surface area contributed by atoms with Crippen molar-refractivity contribution in [1.29, 1.82) is 0 Å². The van der Waals surface area contributed by atoms with Crippen LogP contribution < -0.4 is 10.1 Å². The Balaban J connectivity index is 1.47. The normalized spacial score (nSPS) is 16.7. The van der Waals surface area contributed by atoms with E-state index in [2.05, 4.69) is 5.32 Å². The molecule has 2 aromatic carbocycles. The highest BCUT2D eigenvalue weighted by molar-refractivity contribution is 5.74. The van der Waals surface area contributed by atoms with Gasteiger partial charge in [0, 0.05) is 12.6 Å². The van der Waals surface area contributed by atoms with Gasteiger partial charge < -0.3 is 19.7 Å². The molecule has 0 saturated carbocycles. The van der Waals surface area contributed by atoms with Gasteiger partial charge in [0.05, 0.1) is 19.7 Å². The van der Waals surface area contributed by atoms with Crippen LogP contribution in [0.2, 0.25) is 0 Å². The molecule has 3 rings (SSSR count). The Morgan fingerprint density at radius 3 is 2.50 bits per heavy atom. The van der Waals surface area contributed by atoms with Gasteiger partial charge in [-0.15, -0.1) is 0 Å². The number of urea groups is 1. The SMILES string of the molecule is O=C(NCCOc1ccc(F)c(F)c1)N1CCOC(c2ccc(F)c(F)c2)C1. The molecule has 9 heteroatoms. The number of nitrogens with zero attached hydrogens (tertiary/aromatic N) is 1. The zero-order chi connectivity index (χ0) is 20.1. The summed E-state index contributed by atoms with van der Waals surface area (Å²) in [6.07, 6.45) is -0.562. The van der Waals surface area contributed by atoms with Crippen molar-refractivity contribution in [2.45, 2.75) is 6.10 Å². The van der Waals surface area contributed by atoms with Crippen molar-refractivity contribution in [3.63, 3.8) is 0 Å². The molecule has 1 N–H and O–H groups in total. The smallest absolute Gasteiger partial charge is 0.317 e. The molecule has 1 unspecified atom stereocenters. The monoisotopic (exact) mass is 398 g/mol. The Labute approximate surface area is 158 Å². The molecule has 0 spiro atoms. The van der Waals surface area contributed by atoms with Crippen LogP contribution in [0.5, 0.6) is 5.75 Å². The zero-order valence-corrected chi connectivity index (χ0v) is 14.8. The van der Waals surface area contributed by atoms with E-state index in [-0.39, 0.29) is 38.1 Å². The number of morpholine rings is 1. The standard InChI is InChI=1S/C19H18F4N2O3/c20-14-3-1-12(9-16(14)22)18-11-25(6-8-28-18)19(26)24-5-7-27-13-2-4-15(21)17(23)10-13/h1-4,9-10,18H,5-8,11H2,(H,24,26). The highest BCUT2D eigenvalue weighted by Crippen LogP contribution is 2.23. The predicted molar refractivity (Wildman–Crippen MR) is 91.9 cm³/mol. The van der Waals surface area contributed by atoms with E-state index in [0.717, 1.165) is 24.3 Å². The van der Waals surface area contributed by atoms with Gasteiger partial charge in [-0.05, 0) is 29.8 Å². The van der Waals surface area contributed by atoms with Crippen molar-refractivity contribution in [1.82, 2.24) is 10.2 Å². The summed E-state index contributed by atoms with van der Waals surface area (Å²) in [6.45, 7) is 0.984. The molecule has 150 valence electrons. The third-order valence-electron chi connectivity index (χ3n) is 4.21. The molecular formula is C19H18F4N2O3. The van der Waals surface area contributed by atoms with Crippen LogP contribution in [0.1, 0.15) is 11.7 Å². The number of nitrogens with one attached hydrogen (secondary N) is 1. The lowest BCUT2D eigenvalue weighted by atomic mass is 10.1. The van der Waals surface area contributed by atoms with Gasteiger partial charge in [0.25, 0.3) is 0 Å². The first-order valence-electron chi connectivity index (χ1n) is 8.61. The first kappa shape index (κ1) is 19.9. The molecule has 0 aliphatic carbocycles. The van der Waals surface area contributed by atoms with Gasteiger partial charge in [0.2, 0.25) is 0 Å². The van der Waals surface area contributed by atoms with Gasteiger partial charge in [-0.2, -0.15) is 0 Å². The molecule has 1 heterocycles. The zero-order valence-electron chi connectivity index (χ0n) is 14.8. The van der Waals surface area contributed by atoms with E-state index in [0.29, 0.717) is 12.1 Å². The fourth-order valence-corrected chi connectivity index (χ4v) is 2.75. The van der Waals surface area contributed by atoms with Crippen LogP contribution in [0.3, 0.4) is 0 Å². The van der Waals surface area contributed by atoms with Gasteiger partial charge in [-0.3, -0.25) is 0 Å². The minimum absolute atomic E-state index is 0.0632. The Morgan fingerprint density at radius 1 is 1.07 bits per heavy atom.